The van der Waals surface area contributed by atoms with Crippen molar-refractivity contribution in [3.05, 3.63) is 41.3 Å². The van der Waals surface area contributed by atoms with Crippen molar-refractivity contribution in [1.82, 2.24) is 0 Å². The van der Waals surface area contributed by atoms with Gasteiger partial charge in [-0.2, -0.15) is 0 Å². The quantitative estimate of drug-likeness (QED) is 0.914. The fourth-order valence-corrected chi connectivity index (χ4v) is 2.43. The standard InChI is InChI=1S/C15H16ClNO3/c1-2-11(13-4-3-5-18-13)17-12-9-15-14(8-10(12)16)19-6-7-20-15/h3-5,8-9,11,17H,2,6-7H2,1H3. The summed E-state index contributed by atoms with van der Waals surface area (Å²) in [6, 6.07) is 7.57. The van der Waals surface area contributed by atoms with Crippen LogP contribution in [0.4, 0.5) is 5.69 Å². The van der Waals surface area contributed by atoms with Crippen LogP contribution in [0.5, 0.6) is 11.5 Å². The molecule has 0 saturated heterocycles. The SMILES string of the molecule is CCC(Nc1cc2c(cc1Cl)OCCO2)c1ccco1. The van der Waals surface area contributed by atoms with Crippen LogP contribution in [0.15, 0.2) is 34.9 Å². The lowest BCUT2D eigenvalue weighted by Gasteiger charge is -2.22. The largest absolute Gasteiger partial charge is 0.486 e. The monoisotopic (exact) mass is 293 g/mol. The molecule has 0 radical (unpaired) electrons. The van der Waals surface area contributed by atoms with Crippen molar-refractivity contribution in [2.45, 2.75) is 19.4 Å². The number of furan rings is 1. The van der Waals surface area contributed by atoms with Crippen LogP contribution < -0.4 is 14.8 Å². The Balaban J connectivity index is 1.86. The second kappa shape index (κ2) is 5.67. The van der Waals surface area contributed by atoms with Crippen LogP contribution in [0.1, 0.15) is 25.1 Å². The van der Waals surface area contributed by atoms with E-state index in [0.717, 1.165) is 23.6 Å². The van der Waals surface area contributed by atoms with Gasteiger partial charge in [0, 0.05) is 12.1 Å². The maximum atomic E-state index is 6.29. The molecular weight excluding hydrogens is 278 g/mol. The summed E-state index contributed by atoms with van der Waals surface area (Å²) in [4.78, 5) is 0. The number of benzene rings is 1. The highest BCUT2D eigenvalue weighted by molar-refractivity contribution is 6.33. The summed E-state index contributed by atoms with van der Waals surface area (Å²) in [6.07, 6.45) is 2.56. The molecule has 0 saturated carbocycles. The average Bonchev–Trinajstić information content (AvgIpc) is 2.99. The molecule has 0 aliphatic carbocycles. The van der Waals surface area contributed by atoms with Gasteiger partial charge >= 0.3 is 0 Å². The maximum Gasteiger partial charge on any atom is 0.163 e. The van der Waals surface area contributed by atoms with E-state index in [2.05, 4.69) is 12.2 Å². The summed E-state index contributed by atoms with van der Waals surface area (Å²) in [5, 5.41) is 4.00. The van der Waals surface area contributed by atoms with E-state index in [9.17, 15) is 0 Å². The van der Waals surface area contributed by atoms with Gasteiger partial charge in [0.15, 0.2) is 11.5 Å². The Morgan fingerprint density at radius 1 is 1.25 bits per heavy atom. The Hall–Kier alpha value is -1.81. The summed E-state index contributed by atoms with van der Waals surface area (Å²) in [6.45, 7) is 3.20. The molecule has 2 heterocycles. The summed E-state index contributed by atoms with van der Waals surface area (Å²) >= 11 is 6.29. The van der Waals surface area contributed by atoms with Crippen LogP contribution in [-0.4, -0.2) is 13.2 Å². The number of anilines is 1. The van der Waals surface area contributed by atoms with Gasteiger partial charge in [-0.3, -0.25) is 0 Å². The molecule has 0 bridgehead atoms. The van der Waals surface area contributed by atoms with E-state index in [1.165, 1.54) is 0 Å². The second-order valence-corrected chi connectivity index (χ2v) is 5.00. The van der Waals surface area contributed by atoms with E-state index in [1.54, 1.807) is 12.3 Å². The van der Waals surface area contributed by atoms with Gasteiger partial charge in [-0.05, 0) is 18.6 Å². The van der Waals surface area contributed by atoms with Gasteiger partial charge in [0.25, 0.3) is 0 Å². The molecule has 1 aliphatic heterocycles. The summed E-state index contributed by atoms with van der Waals surface area (Å²) in [5.41, 5.74) is 0.819. The first-order chi connectivity index (χ1) is 9.78. The lowest BCUT2D eigenvalue weighted by Crippen LogP contribution is -2.16. The molecule has 2 aromatic rings. The highest BCUT2D eigenvalue weighted by Crippen LogP contribution is 2.39. The average molecular weight is 294 g/mol. The predicted octanol–water partition coefficient (Wildman–Crippen LogP) is 4.27. The smallest absolute Gasteiger partial charge is 0.163 e. The van der Waals surface area contributed by atoms with Crippen molar-refractivity contribution in [1.29, 1.82) is 0 Å². The molecule has 0 amide bonds. The van der Waals surface area contributed by atoms with Gasteiger partial charge in [0.2, 0.25) is 0 Å². The molecule has 3 rings (SSSR count). The molecule has 1 unspecified atom stereocenters. The third-order valence-electron chi connectivity index (χ3n) is 3.26. The number of halogens is 1. The summed E-state index contributed by atoms with van der Waals surface area (Å²) < 4.78 is 16.5. The van der Waals surface area contributed by atoms with Gasteiger partial charge in [0.1, 0.15) is 19.0 Å². The van der Waals surface area contributed by atoms with Crippen LogP contribution in [0.25, 0.3) is 0 Å². The summed E-state index contributed by atoms with van der Waals surface area (Å²) in [7, 11) is 0. The minimum atomic E-state index is 0.0741. The van der Waals surface area contributed by atoms with Gasteiger partial charge in [0.05, 0.1) is 23.0 Å². The molecular formula is C15H16ClNO3. The lowest BCUT2D eigenvalue weighted by atomic mass is 10.1. The van der Waals surface area contributed by atoms with E-state index in [1.807, 2.05) is 18.2 Å². The maximum absolute atomic E-state index is 6.29. The fraction of sp³-hybridized carbons (Fsp3) is 0.333. The Kier molecular flexibility index (Phi) is 3.74. The molecule has 1 atom stereocenters. The molecule has 1 aromatic heterocycles. The van der Waals surface area contributed by atoms with Gasteiger partial charge < -0.3 is 19.2 Å². The van der Waals surface area contributed by atoms with Crippen molar-refractivity contribution in [3.8, 4) is 11.5 Å². The number of ether oxygens (including phenoxy) is 2. The van der Waals surface area contributed by atoms with Crippen LogP contribution in [0.2, 0.25) is 5.02 Å². The predicted molar refractivity (Wildman–Crippen MR) is 77.8 cm³/mol. The van der Waals surface area contributed by atoms with Crippen molar-refractivity contribution in [2.75, 3.05) is 18.5 Å². The molecule has 106 valence electrons. The topological polar surface area (TPSA) is 43.6 Å². The zero-order chi connectivity index (χ0) is 13.9. The molecule has 1 aliphatic rings. The highest BCUT2D eigenvalue weighted by atomic mass is 35.5. The number of rotatable bonds is 4. The molecule has 0 spiro atoms. The second-order valence-electron chi connectivity index (χ2n) is 4.60. The Labute approximate surface area is 122 Å². The molecule has 20 heavy (non-hydrogen) atoms. The summed E-state index contributed by atoms with van der Waals surface area (Å²) in [5.74, 6) is 2.30. The first kappa shape index (κ1) is 13.2. The van der Waals surface area contributed by atoms with Crippen LogP contribution in [-0.2, 0) is 0 Å². The Bertz CT molecular complexity index is 583. The highest BCUT2D eigenvalue weighted by Gasteiger charge is 2.18. The van der Waals surface area contributed by atoms with Crippen LogP contribution in [0.3, 0.4) is 0 Å². The van der Waals surface area contributed by atoms with Crippen molar-refractivity contribution < 1.29 is 13.9 Å². The lowest BCUT2D eigenvalue weighted by molar-refractivity contribution is 0.171. The van der Waals surface area contributed by atoms with E-state index < -0.39 is 0 Å². The molecule has 4 nitrogen and oxygen atoms in total. The molecule has 5 heteroatoms. The van der Waals surface area contributed by atoms with Crippen LogP contribution >= 0.6 is 11.6 Å². The van der Waals surface area contributed by atoms with E-state index >= 15 is 0 Å². The Morgan fingerprint density at radius 3 is 2.65 bits per heavy atom. The number of nitrogens with one attached hydrogen (secondary N) is 1. The van der Waals surface area contributed by atoms with Crippen molar-refractivity contribution in [2.24, 2.45) is 0 Å². The number of hydrogen-bond acceptors (Lipinski definition) is 4. The third kappa shape index (κ3) is 2.56. The van der Waals surface area contributed by atoms with Gasteiger partial charge in [-0.15, -0.1) is 0 Å². The normalized spacial score (nSPS) is 14.9. The third-order valence-corrected chi connectivity index (χ3v) is 3.57. The van der Waals surface area contributed by atoms with Gasteiger partial charge in [-0.1, -0.05) is 18.5 Å². The van der Waals surface area contributed by atoms with E-state index in [4.69, 9.17) is 25.5 Å². The molecule has 0 fully saturated rings. The Morgan fingerprint density at radius 2 is 2.00 bits per heavy atom. The fourth-order valence-electron chi connectivity index (χ4n) is 2.23. The zero-order valence-electron chi connectivity index (χ0n) is 11.2. The first-order valence-electron chi connectivity index (χ1n) is 6.67. The van der Waals surface area contributed by atoms with E-state index in [-0.39, 0.29) is 6.04 Å². The van der Waals surface area contributed by atoms with Crippen LogP contribution in [0, 0.1) is 0 Å². The minimum absolute atomic E-state index is 0.0741. The first-order valence-corrected chi connectivity index (χ1v) is 7.05. The number of fused-ring (bicyclic) bond motifs is 1. The van der Waals surface area contributed by atoms with Crippen molar-refractivity contribution >= 4 is 17.3 Å². The molecule has 1 aromatic carbocycles. The van der Waals surface area contributed by atoms with E-state index in [0.29, 0.717) is 24.0 Å². The molecule has 1 N–H and O–H groups in total. The van der Waals surface area contributed by atoms with Gasteiger partial charge in [-0.25, -0.2) is 0 Å². The minimum Gasteiger partial charge on any atom is -0.486 e. The van der Waals surface area contributed by atoms with Crippen molar-refractivity contribution in [3.63, 3.8) is 0 Å². The number of hydrogen-bond donors (Lipinski definition) is 1. The zero-order valence-corrected chi connectivity index (χ0v) is 11.9.